The van der Waals surface area contributed by atoms with E-state index >= 15 is 0 Å². The second-order valence-corrected chi connectivity index (χ2v) is 8.45. The van der Waals surface area contributed by atoms with E-state index in [2.05, 4.69) is 4.90 Å². The first kappa shape index (κ1) is 16.1. The molecule has 0 aromatic heterocycles. The topological polar surface area (TPSA) is 72.6 Å². The smallest absolute Gasteiger partial charge is 0.182 e. The summed E-state index contributed by atoms with van der Waals surface area (Å²) in [7, 11) is -3.34. The predicted octanol–water partition coefficient (Wildman–Crippen LogP) is 2.06. The number of hydrogen-bond acceptors (Lipinski definition) is 5. The Morgan fingerprint density at radius 1 is 1.24 bits per heavy atom. The average Bonchev–Trinajstić information content (AvgIpc) is 2.36. The molecule has 0 aliphatic carbocycles. The lowest BCUT2D eigenvalue weighted by molar-refractivity contribution is -0.00521. The van der Waals surface area contributed by atoms with E-state index in [1.165, 1.54) is 0 Å². The standard InChI is InChI=1S/C15H24N2O3S/c1-10(2)21(18,19)15-6-5-13(7-14(15)16)17-8-11(3)20-12(4)9-17/h5-7,10-12H,8-9,16H2,1-4H3/t11-,12-/m1/s1. The van der Waals surface area contributed by atoms with Crippen molar-refractivity contribution in [1.29, 1.82) is 0 Å². The van der Waals surface area contributed by atoms with Crippen molar-refractivity contribution in [2.24, 2.45) is 0 Å². The highest BCUT2D eigenvalue weighted by Gasteiger charge is 2.25. The van der Waals surface area contributed by atoms with E-state index in [-0.39, 0.29) is 17.1 Å². The van der Waals surface area contributed by atoms with Crippen LogP contribution in [0.25, 0.3) is 0 Å². The summed E-state index contributed by atoms with van der Waals surface area (Å²) in [6.07, 6.45) is 0.295. The third kappa shape index (κ3) is 3.32. The maximum absolute atomic E-state index is 12.2. The molecule has 118 valence electrons. The van der Waals surface area contributed by atoms with Crippen molar-refractivity contribution < 1.29 is 13.2 Å². The molecule has 0 spiro atoms. The largest absolute Gasteiger partial charge is 0.398 e. The second kappa shape index (κ2) is 5.85. The van der Waals surface area contributed by atoms with E-state index in [0.717, 1.165) is 18.8 Å². The van der Waals surface area contributed by atoms with Crippen molar-refractivity contribution in [3.63, 3.8) is 0 Å². The fraction of sp³-hybridized carbons (Fsp3) is 0.600. The van der Waals surface area contributed by atoms with Gasteiger partial charge in [-0.3, -0.25) is 0 Å². The molecule has 1 aromatic rings. The van der Waals surface area contributed by atoms with Crippen LogP contribution in [0.3, 0.4) is 0 Å². The molecular formula is C15H24N2O3S. The molecule has 5 nitrogen and oxygen atoms in total. The Kier molecular flexibility index (Phi) is 4.49. The zero-order valence-corrected chi connectivity index (χ0v) is 13.9. The summed E-state index contributed by atoms with van der Waals surface area (Å²) >= 11 is 0. The summed E-state index contributed by atoms with van der Waals surface area (Å²) in [5.74, 6) is 0. The van der Waals surface area contributed by atoms with Gasteiger partial charge < -0.3 is 15.4 Å². The minimum absolute atomic E-state index is 0.147. The summed E-state index contributed by atoms with van der Waals surface area (Å²) in [5.41, 5.74) is 7.24. The molecule has 21 heavy (non-hydrogen) atoms. The van der Waals surface area contributed by atoms with Gasteiger partial charge in [-0.15, -0.1) is 0 Å². The van der Waals surface area contributed by atoms with E-state index in [0.29, 0.717) is 5.69 Å². The fourth-order valence-corrected chi connectivity index (χ4v) is 3.79. The van der Waals surface area contributed by atoms with Gasteiger partial charge in [0.25, 0.3) is 0 Å². The van der Waals surface area contributed by atoms with Crippen LogP contribution in [-0.2, 0) is 14.6 Å². The molecule has 2 rings (SSSR count). The third-order valence-corrected chi connectivity index (χ3v) is 5.93. The SMILES string of the molecule is CC(C)S(=O)(=O)c1ccc(N2C[C@@H](C)O[C@H](C)C2)cc1N. The van der Waals surface area contributed by atoms with Crippen molar-refractivity contribution >= 4 is 21.2 Å². The lowest BCUT2D eigenvalue weighted by Crippen LogP contribution is -2.45. The molecule has 2 N–H and O–H groups in total. The molecule has 2 atom stereocenters. The van der Waals surface area contributed by atoms with Crippen LogP contribution in [0.15, 0.2) is 23.1 Å². The minimum Gasteiger partial charge on any atom is -0.398 e. The first-order valence-corrected chi connectivity index (χ1v) is 8.80. The zero-order valence-electron chi connectivity index (χ0n) is 13.0. The number of sulfone groups is 1. The van der Waals surface area contributed by atoms with Gasteiger partial charge in [-0.25, -0.2) is 8.42 Å². The molecule has 0 unspecified atom stereocenters. The summed E-state index contributed by atoms with van der Waals surface area (Å²) in [6.45, 7) is 8.94. The van der Waals surface area contributed by atoms with Crippen LogP contribution in [-0.4, -0.2) is 39.0 Å². The van der Waals surface area contributed by atoms with Crippen LogP contribution in [0.5, 0.6) is 0 Å². The number of nitrogen functional groups attached to an aromatic ring is 1. The average molecular weight is 312 g/mol. The zero-order chi connectivity index (χ0) is 15.8. The molecule has 1 aliphatic heterocycles. The van der Waals surface area contributed by atoms with Gasteiger partial charge in [-0.1, -0.05) is 0 Å². The Morgan fingerprint density at radius 3 is 2.29 bits per heavy atom. The van der Waals surface area contributed by atoms with E-state index in [9.17, 15) is 8.42 Å². The Bertz CT molecular complexity index is 603. The summed E-state index contributed by atoms with van der Waals surface area (Å²) in [6, 6.07) is 5.20. The van der Waals surface area contributed by atoms with E-state index in [1.807, 2.05) is 19.9 Å². The number of morpholine rings is 1. The molecule has 1 heterocycles. The summed E-state index contributed by atoms with van der Waals surface area (Å²) in [5, 5.41) is -0.478. The van der Waals surface area contributed by atoms with Crippen LogP contribution in [0.2, 0.25) is 0 Å². The second-order valence-electron chi connectivity index (χ2n) is 5.98. The van der Waals surface area contributed by atoms with Crippen LogP contribution in [0.4, 0.5) is 11.4 Å². The highest BCUT2D eigenvalue weighted by Crippen LogP contribution is 2.29. The number of anilines is 2. The number of rotatable bonds is 3. The Morgan fingerprint density at radius 2 is 1.81 bits per heavy atom. The van der Waals surface area contributed by atoms with E-state index in [1.54, 1.807) is 26.0 Å². The number of hydrogen-bond donors (Lipinski definition) is 1. The summed E-state index contributed by atoms with van der Waals surface area (Å²) in [4.78, 5) is 2.40. The Hall–Kier alpha value is -1.27. The van der Waals surface area contributed by atoms with Crippen molar-refractivity contribution in [2.45, 2.75) is 50.0 Å². The van der Waals surface area contributed by atoms with Gasteiger partial charge >= 0.3 is 0 Å². The highest BCUT2D eigenvalue weighted by atomic mass is 32.2. The molecule has 1 saturated heterocycles. The lowest BCUT2D eigenvalue weighted by atomic mass is 10.2. The highest BCUT2D eigenvalue weighted by molar-refractivity contribution is 7.92. The molecule has 1 fully saturated rings. The molecule has 0 bridgehead atoms. The van der Waals surface area contributed by atoms with Crippen molar-refractivity contribution in [2.75, 3.05) is 23.7 Å². The summed E-state index contributed by atoms with van der Waals surface area (Å²) < 4.78 is 30.2. The van der Waals surface area contributed by atoms with Gasteiger partial charge in [0.2, 0.25) is 0 Å². The van der Waals surface area contributed by atoms with Gasteiger partial charge in [-0.05, 0) is 45.9 Å². The molecule has 1 aromatic carbocycles. The van der Waals surface area contributed by atoms with Gasteiger partial charge in [0.05, 0.1) is 28.0 Å². The number of benzene rings is 1. The van der Waals surface area contributed by atoms with Crippen molar-refractivity contribution in [3.05, 3.63) is 18.2 Å². The predicted molar refractivity (Wildman–Crippen MR) is 85.4 cm³/mol. The Balaban J connectivity index is 2.31. The first-order valence-electron chi connectivity index (χ1n) is 7.25. The monoisotopic (exact) mass is 312 g/mol. The third-order valence-electron chi connectivity index (χ3n) is 3.71. The van der Waals surface area contributed by atoms with Crippen LogP contribution in [0, 0.1) is 0 Å². The molecular weight excluding hydrogens is 288 g/mol. The fourth-order valence-electron chi connectivity index (χ4n) is 2.63. The minimum atomic E-state index is -3.34. The molecule has 6 heteroatoms. The quantitative estimate of drug-likeness (QED) is 0.865. The van der Waals surface area contributed by atoms with Crippen LogP contribution in [0.1, 0.15) is 27.7 Å². The van der Waals surface area contributed by atoms with Gasteiger partial charge in [0.1, 0.15) is 0 Å². The van der Waals surface area contributed by atoms with E-state index in [4.69, 9.17) is 10.5 Å². The maximum atomic E-state index is 12.2. The number of ether oxygens (including phenoxy) is 1. The van der Waals surface area contributed by atoms with E-state index < -0.39 is 15.1 Å². The van der Waals surface area contributed by atoms with Crippen LogP contribution >= 0.6 is 0 Å². The normalized spacial score (nSPS) is 23.6. The number of nitrogens with zero attached hydrogens (tertiary/aromatic N) is 1. The van der Waals surface area contributed by atoms with Crippen molar-refractivity contribution in [3.8, 4) is 0 Å². The maximum Gasteiger partial charge on any atom is 0.182 e. The Labute approximate surface area is 127 Å². The number of nitrogens with two attached hydrogens (primary N) is 1. The first-order chi connectivity index (χ1) is 9.71. The van der Waals surface area contributed by atoms with Crippen LogP contribution < -0.4 is 10.6 Å². The van der Waals surface area contributed by atoms with Gasteiger partial charge in [0.15, 0.2) is 9.84 Å². The lowest BCUT2D eigenvalue weighted by Gasteiger charge is -2.37. The van der Waals surface area contributed by atoms with Crippen molar-refractivity contribution in [1.82, 2.24) is 0 Å². The molecule has 1 aliphatic rings. The molecule has 0 amide bonds. The van der Waals surface area contributed by atoms with Gasteiger partial charge in [-0.2, -0.15) is 0 Å². The molecule has 0 radical (unpaired) electrons. The molecule has 0 saturated carbocycles. The van der Waals surface area contributed by atoms with Gasteiger partial charge in [0, 0.05) is 18.8 Å².